The molecule has 0 saturated heterocycles. The highest BCUT2D eigenvalue weighted by atomic mass is 16.5. The van der Waals surface area contributed by atoms with Crippen LogP contribution in [0.2, 0.25) is 0 Å². The molecule has 0 aliphatic rings. The summed E-state index contributed by atoms with van der Waals surface area (Å²) in [5, 5.41) is 0. The average molecular weight is 298 g/mol. The first kappa shape index (κ1) is 16.1. The summed E-state index contributed by atoms with van der Waals surface area (Å²) in [5.41, 5.74) is 2.26. The lowest BCUT2D eigenvalue weighted by Crippen LogP contribution is -2.17. The van der Waals surface area contributed by atoms with Gasteiger partial charge in [-0.1, -0.05) is 49.4 Å². The molecule has 0 aliphatic heterocycles. The van der Waals surface area contributed by atoms with Crippen LogP contribution in [0.5, 0.6) is 5.75 Å². The van der Waals surface area contributed by atoms with Crippen molar-refractivity contribution >= 4 is 5.97 Å². The van der Waals surface area contributed by atoms with E-state index >= 15 is 0 Å². The van der Waals surface area contributed by atoms with Crippen molar-refractivity contribution in [2.45, 2.75) is 26.4 Å². The van der Waals surface area contributed by atoms with Crippen LogP contribution in [-0.4, -0.2) is 13.1 Å². The number of ether oxygens (including phenoxy) is 2. The summed E-state index contributed by atoms with van der Waals surface area (Å²) in [4.78, 5) is 11.6. The van der Waals surface area contributed by atoms with Crippen molar-refractivity contribution in [2.75, 3.05) is 7.11 Å². The Balaban J connectivity index is 1.91. The second-order valence-electron chi connectivity index (χ2n) is 5.25. The van der Waals surface area contributed by atoms with E-state index < -0.39 is 0 Å². The predicted molar refractivity (Wildman–Crippen MR) is 86.7 cm³/mol. The zero-order valence-corrected chi connectivity index (χ0v) is 13.1. The van der Waals surface area contributed by atoms with Gasteiger partial charge in [0.15, 0.2) is 0 Å². The molecular weight excluding hydrogens is 276 g/mol. The summed E-state index contributed by atoms with van der Waals surface area (Å²) in [7, 11) is 1.44. The molecule has 0 heterocycles. The Morgan fingerprint density at radius 2 is 1.68 bits per heavy atom. The Morgan fingerprint density at radius 1 is 1.00 bits per heavy atom. The molecule has 0 spiro atoms. The normalized spacial score (nSPS) is 11.7. The molecule has 0 N–H and O–H groups in total. The number of hydrogen-bond acceptors (Lipinski definition) is 3. The lowest BCUT2D eigenvalue weighted by atomic mass is 9.97. The van der Waals surface area contributed by atoms with Crippen molar-refractivity contribution in [1.82, 2.24) is 0 Å². The number of esters is 1. The molecule has 1 unspecified atom stereocenters. The Kier molecular flexibility index (Phi) is 6.01. The molecule has 0 radical (unpaired) electrons. The Hall–Kier alpha value is -2.29. The number of methoxy groups -OCH3 is 1. The first-order valence-electron chi connectivity index (χ1n) is 7.56. The second kappa shape index (κ2) is 8.23. The summed E-state index contributed by atoms with van der Waals surface area (Å²) in [6, 6.07) is 18.0. The van der Waals surface area contributed by atoms with Crippen molar-refractivity contribution in [3.8, 4) is 5.75 Å². The second-order valence-corrected chi connectivity index (χ2v) is 5.25. The Bertz CT molecular complexity index is 575. The summed E-state index contributed by atoms with van der Waals surface area (Å²) < 4.78 is 10.6. The van der Waals surface area contributed by atoms with E-state index in [0.29, 0.717) is 13.0 Å². The number of carbonyl (C=O) groups is 1. The van der Waals surface area contributed by atoms with E-state index in [0.717, 1.165) is 23.3 Å². The highest BCUT2D eigenvalue weighted by molar-refractivity contribution is 5.72. The minimum absolute atomic E-state index is 0.0823. The first-order valence-corrected chi connectivity index (χ1v) is 7.56. The monoisotopic (exact) mass is 298 g/mol. The van der Waals surface area contributed by atoms with Gasteiger partial charge in [-0.15, -0.1) is 0 Å². The Labute approximate surface area is 131 Å². The van der Waals surface area contributed by atoms with Gasteiger partial charge in [-0.25, -0.2) is 0 Å². The molecule has 0 saturated carbocycles. The molecule has 3 nitrogen and oxygen atoms in total. The molecule has 0 amide bonds. The van der Waals surface area contributed by atoms with Gasteiger partial charge >= 0.3 is 5.97 Å². The number of hydrogen-bond donors (Lipinski definition) is 0. The molecule has 0 aliphatic carbocycles. The fraction of sp³-hybridized carbons (Fsp3) is 0.316. The van der Waals surface area contributed by atoms with Gasteiger partial charge in [0.25, 0.3) is 0 Å². The lowest BCUT2D eigenvalue weighted by Gasteiger charge is -2.13. The third kappa shape index (κ3) is 4.62. The molecule has 0 fully saturated rings. The van der Waals surface area contributed by atoms with E-state index in [1.807, 2.05) is 61.5 Å². The van der Waals surface area contributed by atoms with Crippen LogP contribution >= 0.6 is 0 Å². The maximum absolute atomic E-state index is 11.6. The van der Waals surface area contributed by atoms with Crippen LogP contribution in [0.1, 0.15) is 24.5 Å². The van der Waals surface area contributed by atoms with E-state index in [1.165, 1.54) is 7.11 Å². The third-order valence-electron chi connectivity index (χ3n) is 3.68. The summed E-state index contributed by atoms with van der Waals surface area (Å²) >= 11 is 0. The van der Waals surface area contributed by atoms with Crippen molar-refractivity contribution < 1.29 is 14.3 Å². The van der Waals surface area contributed by atoms with Gasteiger partial charge in [0, 0.05) is 0 Å². The van der Waals surface area contributed by atoms with Crippen LogP contribution in [0, 0.1) is 5.92 Å². The predicted octanol–water partition coefficient (Wildman–Crippen LogP) is 4.01. The SMILES string of the molecule is CCC(Cc1ccc(OCc2ccccc2)cc1)C(=O)OC. The van der Waals surface area contributed by atoms with Gasteiger partial charge in [0.1, 0.15) is 12.4 Å². The van der Waals surface area contributed by atoms with Gasteiger partial charge in [-0.2, -0.15) is 0 Å². The zero-order valence-electron chi connectivity index (χ0n) is 13.1. The zero-order chi connectivity index (χ0) is 15.8. The lowest BCUT2D eigenvalue weighted by molar-refractivity contribution is -0.145. The highest BCUT2D eigenvalue weighted by Gasteiger charge is 2.17. The van der Waals surface area contributed by atoms with Gasteiger partial charge in [0.05, 0.1) is 13.0 Å². The first-order chi connectivity index (χ1) is 10.7. The largest absolute Gasteiger partial charge is 0.489 e. The minimum atomic E-state index is -0.146. The van der Waals surface area contributed by atoms with E-state index in [2.05, 4.69) is 0 Å². The van der Waals surface area contributed by atoms with Crippen LogP contribution < -0.4 is 4.74 Å². The van der Waals surface area contributed by atoms with Crippen molar-refractivity contribution in [1.29, 1.82) is 0 Å². The van der Waals surface area contributed by atoms with Crippen LogP contribution in [0.3, 0.4) is 0 Å². The maximum Gasteiger partial charge on any atom is 0.308 e. The number of carbonyl (C=O) groups excluding carboxylic acids is 1. The number of rotatable bonds is 7. The quantitative estimate of drug-likeness (QED) is 0.725. The topological polar surface area (TPSA) is 35.5 Å². The molecule has 0 aromatic heterocycles. The molecular formula is C19H22O3. The fourth-order valence-electron chi connectivity index (χ4n) is 2.31. The van der Waals surface area contributed by atoms with E-state index in [4.69, 9.17) is 9.47 Å². The smallest absolute Gasteiger partial charge is 0.308 e. The van der Waals surface area contributed by atoms with Crippen molar-refractivity contribution in [2.24, 2.45) is 5.92 Å². The molecule has 116 valence electrons. The molecule has 22 heavy (non-hydrogen) atoms. The minimum Gasteiger partial charge on any atom is -0.489 e. The molecule has 2 aromatic carbocycles. The van der Waals surface area contributed by atoms with E-state index in [9.17, 15) is 4.79 Å². The molecule has 1 atom stereocenters. The van der Waals surface area contributed by atoms with Crippen LogP contribution in [0.25, 0.3) is 0 Å². The molecule has 2 aromatic rings. The van der Waals surface area contributed by atoms with Crippen LogP contribution in [0.4, 0.5) is 0 Å². The van der Waals surface area contributed by atoms with Gasteiger partial charge in [-0.05, 0) is 36.1 Å². The molecule has 2 rings (SSSR count). The number of benzene rings is 2. The van der Waals surface area contributed by atoms with Crippen molar-refractivity contribution in [3.05, 3.63) is 65.7 Å². The third-order valence-corrected chi connectivity index (χ3v) is 3.68. The van der Waals surface area contributed by atoms with Gasteiger partial charge in [0.2, 0.25) is 0 Å². The Morgan fingerprint density at radius 3 is 2.27 bits per heavy atom. The van der Waals surface area contributed by atoms with Crippen LogP contribution in [-0.2, 0) is 22.6 Å². The summed E-state index contributed by atoms with van der Waals surface area (Å²) in [6.07, 6.45) is 1.47. The van der Waals surface area contributed by atoms with Gasteiger partial charge < -0.3 is 9.47 Å². The highest BCUT2D eigenvalue weighted by Crippen LogP contribution is 2.18. The molecule has 0 bridgehead atoms. The summed E-state index contributed by atoms with van der Waals surface area (Å²) in [5.74, 6) is 0.603. The average Bonchev–Trinajstić information content (AvgIpc) is 2.59. The molecule has 3 heteroatoms. The fourth-order valence-corrected chi connectivity index (χ4v) is 2.31. The van der Waals surface area contributed by atoms with E-state index in [-0.39, 0.29) is 11.9 Å². The van der Waals surface area contributed by atoms with Crippen LogP contribution in [0.15, 0.2) is 54.6 Å². The maximum atomic E-state index is 11.6. The van der Waals surface area contributed by atoms with Crippen molar-refractivity contribution in [3.63, 3.8) is 0 Å². The summed E-state index contributed by atoms with van der Waals surface area (Å²) in [6.45, 7) is 2.55. The van der Waals surface area contributed by atoms with E-state index in [1.54, 1.807) is 0 Å². The van der Waals surface area contributed by atoms with Gasteiger partial charge in [-0.3, -0.25) is 4.79 Å². The standard InChI is InChI=1S/C19H22O3/c1-3-17(19(20)21-2)13-15-9-11-18(12-10-15)22-14-16-7-5-4-6-8-16/h4-12,17H,3,13-14H2,1-2H3.